The summed E-state index contributed by atoms with van der Waals surface area (Å²) in [6.07, 6.45) is 0.337. The maximum absolute atomic E-state index is 11.7. The lowest BCUT2D eigenvalue weighted by atomic mass is 10.1. The van der Waals surface area contributed by atoms with Crippen LogP contribution in [0.15, 0.2) is 42.5 Å². The second-order valence-electron chi connectivity index (χ2n) is 4.28. The topological polar surface area (TPSA) is 38.3 Å². The Hall–Kier alpha value is -2.03. The lowest BCUT2D eigenvalue weighted by molar-refractivity contribution is 0.118. The largest absolute Gasteiger partial charge is 0.446 e. The molecule has 3 heteroatoms. The SMILES string of the molecule is CCC(C)OC(=O)Nc1cccc2ccccc12. The highest BCUT2D eigenvalue weighted by Crippen LogP contribution is 2.23. The van der Waals surface area contributed by atoms with E-state index in [-0.39, 0.29) is 6.10 Å². The van der Waals surface area contributed by atoms with E-state index in [1.54, 1.807) is 0 Å². The third-order valence-electron chi connectivity index (χ3n) is 2.91. The van der Waals surface area contributed by atoms with Crippen molar-refractivity contribution in [1.82, 2.24) is 0 Å². The quantitative estimate of drug-likeness (QED) is 0.877. The van der Waals surface area contributed by atoms with Gasteiger partial charge in [-0.2, -0.15) is 0 Å². The number of anilines is 1. The zero-order valence-corrected chi connectivity index (χ0v) is 10.6. The summed E-state index contributed by atoms with van der Waals surface area (Å²) in [5, 5.41) is 4.90. The van der Waals surface area contributed by atoms with Gasteiger partial charge < -0.3 is 4.74 Å². The van der Waals surface area contributed by atoms with Crippen LogP contribution in [0, 0.1) is 0 Å². The van der Waals surface area contributed by atoms with Crippen molar-refractivity contribution in [3.05, 3.63) is 42.5 Å². The molecule has 2 aromatic carbocycles. The van der Waals surface area contributed by atoms with Crippen LogP contribution in [0.25, 0.3) is 10.8 Å². The molecule has 1 amide bonds. The van der Waals surface area contributed by atoms with Crippen molar-refractivity contribution in [1.29, 1.82) is 0 Å². The van der Waals surface area contributed by atoms with E-state index in [9.17, 15) is 4.79 Å². The van der Waals surface area contributed by atoms with Crippen LogP contribution in [0.5, 0.6) is 0 Å². The Balaban J connectivity index is 2.19. The molecule has 0 aromatic heterocycles. The fourth-order valence-electron chi connectivity index (χ4n) is 1.74. The van der Waals surface area contributed by atoms with Crippen molar-refractivity contribution in [2.75, 3.05) is 5.32 Å². The Labute approximate surface area is 107 Å². The summed E-state index contributed by atoms with van der Waals surface area (Å²) in [5.74, 6) is 0. The molecule has 2 rings (SSSR count). The average molecular weight is 243 g/mol. The van der Waals surface area contributed by atoms with E-state index < -0.39 is 6.09 Å². The Morgan fingerprint density at radius 3 is 2.72 bits per heavy atom. The molecule has 0 fully saturated rings. The highest BCUT2D eigenvalue weighted by molar-refractivity contribution is 6.00. The van der Waals surface area contributed by atoms with E-state index in [4.69, 9.17) is 4.74 Å². The second kappa shape index (κ2) is 5.54. The molecule has 0 aliphatic carbocycles. The molecular formula is C15H17NO2. The lowest BCUT2D eigenvalue weighted by Gasteiger charge is -2.13. The van der Waals surface area contributed by atoms with Gasteiger partial charge >= 0.3 is 6.09 Å². The van der Waals surface area contributed by atoms with Crippen molar-refractivity contribution < 1.29 is 9.53 Å². The fourth-order valence-corrected chi connectivity index (χ4v) is 1.74. The average Bonchev–Trinajstić information content (AvgIpc) is 2.39. The molecule has 1 N–H and O–H groups in total. The van der Waals surface area contributed by atoms with Crippen molar-refractivity contribution in [3.63, 3.8) is 0 Å². The molecule has 3 nitrogen and oxygen atoms in total. The van der Waals surface area contributed by atoms with Crippen LogP contribution in [0.2, 0.25) is 0 Å². The first-order chi connectivity index (χ1) is 8.70. The predicted molar refractivity (Wildman–Crippen MR) is 73.8 cm³/mol. The third-order valence-corrected chi connectivity index (χ3v) is 2.91. The van der Waals surface area contributed by atoms with Gasteiger partial charge in [-0.05, 0) is 24.8 Å². The number of benzene rings is 2. The van der Waals surface area contributed by atoms with Crippen LogP contribution in [0.4, 0.5) is 10.5 Å². The third kappa shape index (κ3) is 2.80. The van der Waals surface area contributed by atoms with Gasteiger partial charge in [-0.15, -0.1) is 0 Å². The standard InChI is InChI=1S/C15H17NO2/c1-3-11(2)18-15(17)16-14-10-6-8-12-7-4-5-9-13(12)14/h4-11H,3H2,1-2H3,(H,16,17). The molecule has 94 valence electrons. The van der Waals surface area contributed by atoms with E-state index in [0.29, 0.717) is 0 Å². The summed E-state index contributed by atoms with van der Waals surface area (Å²) in [6.45, 7) is 3.86. The normalized spacial score (nSPS) is 12.1. The molecule has 0 bridgehead atoms. The fraction of sp³-hybridized carbons (Fsp3) is 0.267. The molecule has 2 aromatic rings. The molecule has 1 unspecified atom stereocenters. The summed E-state index contributed by atoms with van der Waals surface area (Å²) >= 11 is 0. The zero-order chi connectivity index (χ0) is 13.0. The van der Waals surface area contributed by atoms with Gasteiger partial charge in [0, 0.05) is 5.39 Å². The molecule has 0 radical (unpaired) electrons. The van der Waals surface area contributed by atoms with Crippen LogP contribution in [-0.2, 0) is 4.74 Å². The van der Waals surface area contributed by atoms with Gasteiger partial charge in [-0.25, -0.2) is 4.79 Å². The molecule has 0 saturated carbocycles. The van der Waals surface area contributed by atoms with Crippen molar-refractivity contribution >= 4 is 22.6 Å². The summed E-state index contributed by atoms with van der Waals surface area (Å²) in [5.41, 5.74) is 0.779. The van der Waals surface area contributed by atoms with Gasteiger partial charge in [0.25, 0.3) is 0 Å². The lowest BCUT2D eigenvalue weighted by Crippen LogP contribution is -2.19. The van der Waals surface area contributed by atoms with E-state index in [2.05, 4.69) is 5.32 Å². The number of ether oxygens (including phenoxy) is 1. The molecular weight excluding hydrogens is 226 g/mol. The maximum Gasteiger partial charge on any atom is 0.411 e. The van der Waals surface area contributed by atoms with Gasteiger partial charge in [-0.1, -0.05) is 43.3 Å². The van der Waals surface area contributed by atoms with Crippen LogP contribution in [0.1, 0.15) is 20.3 Å². The first-order valence-corrected chi connectivity index (χ1v) is 6.16. The van der Waals surface area contributed by atoms with Crippen molar-refractivity contribution in [3.8, 4) is 0 Å². The highest BCUT2D eigenvalue weighted by atomic mass is 16.6. The number of amides is 1. The Morgan fingerprint density at radius 2 is 1.94 bits per heavy atom. The maximum atomic E-state index is 11.7. The minimum absolute atomic E-state index is 0.0695. The van der Waals surface area contributed by atoms with E-state index in [1.165, 1.54) is 0 Å². The molecule has 1 atom stereocenters. The van der Waals surface area contributed by atoms with Crippen LogP contribution < -0.4 is 5.32 Å². The smallest absolute Gasteiger partial charge is 0.411 e. The van der Waals surface area contributed by atoms with Crippen LogP contribution in [-0.4, -0.2) is 12.2 Å². The number of carbonyl (C=O) groups excluding carboxylic acids is 1. The Kier molecular flexibility index (Phi) is 3.82. The summed E-state index contributed by atoms with van der Waals surface area (Å²) < 4.78 is 5.20. The molecule has 0 saturated heterocycles. The summed E-state index contributed by atoms with van der Waals surface area (Å²) in [6, 6.07) is 13.7. The first kappa shape index (κ1) is 12.4. The number of hydrogen-bond acceptors (Lipinski definition) is 2. The molecule has 0 aliphatic rings. The van der Waals surface area contributed by atoms with Gasteiger partial charge in [0.1, 0.15) is 6.10 Å². The number of fused-ring (bicyclic) bond motifs is 1. The minimum atomic E-state index is -0.402. The number of nitrogens with one attached hydrogen (secondary N) is 1. The van der Waals surface area contributed by atoms with E-state index >= 15 is 0 Å². The number of carbonyl (C=O) groups is 1. The van der Waals surface area contributed by atoms with Crippen LogP contribution in [0.3, 0.4) is 0 Å². The monoisotopic (exact) mass is 243 g/mol. The summed E-state index contributed by atoms with van der Waals surface area (Å²) in [4.78, 5) is 11.7. The number of hydrogen-bond donors (Lipinski definition) is 1. The van der Waals surface area contributed by atoms with Crippen molar-refractivity contribution in [2.24, 2.45) is 0 Å². The van der Waals surface area contributed by atoms with Gasteiger partial charge in [0.2, 0.25) is 0 Å². The zero-order valence-electron chi connectivity index (χ0n) is 10.6. The first-order valence-electron chi connectivity index (χ1n) is 6.16. The van der Waals surface area contributed by atoms with Crippen molar-refractivity contribution in [2.45, 2.75) is 26.4 Å². The Bertz CT molecular complexity index is 546. The van der Waals surface area contributed by atoms with Gasteiger partial charge in [0.05, 0.1) is 5.69 Å². The van der Waals surface area contributed by atoms with Gasteiger partial charge in [-0.3, -0.25) is 5.32 Å². The van der Waals surface area contributed by atoms with E-state index in [0.717, 1.165) is 22.9 Å². The minimum Gasteiger partial charge on any atom is -0.446 e. The molecule has 0 heterocycles. The van der Waals surface area contributed by atoms with E-state index in [1.807, 2.05) is 56.3 Å². The Morgan fingerprint density at radius 1 is 1.22 bits per heavy atom. The second-order valence-corrected chi connectivity index (χ2v) is 4.28. The highest BCUT2D eigenvalue weighted by Gasteiger charge is 2.09. The van der Waals surface area contributed by atoms with Gasteiger partial charge in [0.15, 0.2) is 0 Å². The molecule has 0 aliphatic heterocycles. The molecule has 18 heavy (non-hydrogen) atoms. The summed E-state index contributed by atoms with van der Waals surface area (Å²) in [7, 11) is 0. The van der Waals surface area contributed by atoms with Crippen LogP contribution >= 0.6 is 0 Å². The predicted octanol–water partition coefficient (Wildman–Crippen LogP) is 4.19. The number of rotatable bonds is 3. The molecule has 0 spiro atoms.